The topological polar surface area (TPSA) is 73.9 Å². The first-order valence-electron chi connectivity index (χ1n) is 7.24. The number of hydrogen-bond donors (Lipinski definition) is 1. The fourth-order valence-electron chi connectivity index (χ4n) is 1.90. The summed E-state index contributed by atoms with van der Waals surface area (Å²) in [5, 5.41) is 2.78. The number of benzene rings is 1. The van der Waals surface area contributed by atoms with Crippen LogP contribution in [0.4, 0.5) is 0 Å². The van der Waals surface area contributed by atoms with Gasteiger partial charge in [0, 0.05) is 12.5 Å². The molecule has 126 valence electrons. The molecule has 24 heavy (non-hydrogen) atoms. The number of amides is 1. The van der Waals surface area contributed by atoms with Crippen molar-refractivity contribution >= 4 is 29.6 Å². The molecule has 7 heteroatoms. The van der Waals surface area contributed by atoms with Gasteiger partial charge in [-0.15, -0.1) is 6.42 Å². The van der Waals surface area contributed by atoms with Gasteiger partial charge in [-0.1, -0.05) is 17.5 Å². The first-order valence-corrected chi connectivity index (χ1v) is 7.62. The molecule has 0 fully saturated rings. The standard InChI is InChI=1S/C17H16ClNO5/c1-2-6-19-15(20)11-24-16(21)5-4-12-9-13(18)17-14(10-12)22-7-3-8-23-17/h1,4-5,9-10H,3,6-8,11H2,(H,19,20)/b5-4+. The molecule has 0 aliphatic carbocycles. The van der Waals surface area contributed by atoms with Crippen LogP contribution in [0.15, 0.2) is 18.2 Å². The van der Waals surface area contributed by atoms with Gasteiger partial charge >= 0.3 is 5.97 Å². The first kappa shape index (κ1) is 17.7. The number of rotatable bonds is 5. The van der Waals surface area contributed by atoms with Crippen LogP contribution in [0, 0.1) is 12.3 Å². The van der Waals surface area contributed by atoms with E-state index in [1.165, 1.54) is 12.2 Å². The Labute approximate surface area is 144 Å². The molecule has 1 aliphatic heterocycles. The molecule has 0 atom stereocenters. The van der Waals surface area contributed by atoms with Crippen LogP contribution in [0.1, 0.15) is 12.0 Å². The molecule has 0 saturated carbocycles. The van der Waals surface area contributed by atoms with Gasteiger partial charge in [-0.3, -0.25) is 4.79 Å². The van der Waals surface area contributed by atoms with E-state index in [-0.39, 0.29) is 6.54 Å². The quantitative estimate of drug-likeness (QED) is 0.498. The van der Waals surface area contributed by atoms with Crippen molar-refractivity contribution in [1.29, 1.82) is 0 Å². The molecule has 1 heterocycles. The fraction of sp³-hybridized carbons (Fsp3) is 0.294. The van der Waals surface area contributed by atoms with Crippen LogP contribution >= 0.6 is 11.6 Å². The van der Waals surface area contributed by atoms with E-state index in [0.717, 1.165) is 6.42 Å². The highest BCUT2D eigenvalue weighted by atomic mass is 35.5. The van der Waals surface area contributed by atoms with Gasteiger partial charge in [0.1, 0.15) is 0 Å². The number of terminal acetylenes is 1. The average Bonchev–Trinajstić information content (AvgIpc) is 2.82. The highest BCUT2D eigenvalue weighted by molar-refractivity contribution is 6.32. The van der Waals surface area contributed by atoms with Gasteiger partial charge in [0.15, 0.2) is 18.1 Å². The third kappa shape index (κ3) is 5.21. The minimum Gasteiger partial charge on any atom is -0.489 e. The molecule has 0 unspecified atom stereocenters. The van der Waals surface area contributed by atoms with E-state index in [4.69, 9.17) is 32.2 Å². The largest absolute Gasteiger partial charge is 0.489 e. The molecule has 1 N–H and O–H groups in total. The maximum Gasteiger partial charge on any atom is 0.331 e. The van der Waals surface area contributed by atoms with E-state index in [0.29, 0.717) is 35.3 Å². The number of hydrogen-bond acceptors (Lipinski definition) is 5. The zero-order valence-electron chi connectivity index (χ0n) is 12.8. The fourth-order valence-corrected chi connectivity index (χ4v) is 2.17. The third-order valence-corrected chi connectivity index (χ3v) is 3.25. The predicted octanol–water partition coefficient (Wildman–Crippen LogP) is 1.81. The van der Waals surface area contributed by atoms with E-state index >= 15 is 0 Å². The van der Waals surface area contributed by atoms with Gasteiger partial charge in [0.2, 0.25) is 0 Å². The lowest BCUT2D eigenvalue weighted by Gasteiger charge is -2.09. The van der Waals surface area contributed by atoms with Crippen LogP contribution in [0.2, 0.25) is 5.02 Å². The number of ether oxygens (including phenoxy) is 3. The third-order valence-electron chi connectivity index (χ3n) is 2.97. The van der Waals surface area contributed by atoms with Crippen LogP contribution in [0.25, 0.3) is 6.08 Å². The Morgan fingerprint density at radius 1 is 1.38 bits per heavy atom. The number of fused-ring (bicyclic) bond motifs is 1. The summed E-state index contributed by atoms with van der Waals surface area (Å²) < 4.78 is 15.9. The van der Waals surface area contributed by atoms with Crippen molar-refractivity contribution in [3.05, 3.63) is 28.8 Å². The normalized spacial score (nSPS) is 13.0. The van der Waals surface area contributed by atoms with Gasteiger partial charge in [-0.25, -0.2) is 4.79 Å². The van der Waals surface area contributed by atoms with Gasteiger partial charge in [0.25, 0.3) is 5.91 Å². The zero-order chi connectivity index (χ0) is 17.4. The molecule has 1 aromatic rings. The second-order valence-electron chi connectivity index (χ2n) is 4.80. The summed E-state index contributed by atoms with van der Waals surface area (Å²) in [7, 11) is 0. The molecule has 0 bridgehead atoms. The van der Waals surface area contributed by atoms with Crippen LogP contribution in [0.5, 0.6) is 11.5 Å². The molecule has 1 aliphatic rings. The molecule has 0 saturated heterocycles. The lowest BCUT2D eigenvalue weighted by Crippen LogP contribution is -2.28. The number of nitrogens with one attached hydrogen (secondary N) is 1. The minimum atomic E-state index is -0.658. The van der Waals surface area contributed by atoms with Crippen molar-refractivity contribution < 1.29 is 23.8 Å². The van der Waals surface area contributed by atoms with Crippen molar-refractivity contribution in [2.75, 3.05) is 26.4 Å². The highest BCUT2D eigenvalue weighted by Gasteiger charge is 2.15. The number of carbonyl (C=O) groups excluding carboxylic acids is 2. The van der Waals surface area contributed by atoms with Crippen LogP contribution < -0.4 is 14.8 Å². The first-order chi connectivity index (χ1) is 11.6. The lowest BCUT2D eigenvalue weighted by atomic mass is 10.2. The summed E-state index contributed by atoms with van der Waals surface area (Å²) in [4.78, 5) is 22.9. The summed E-state index contributed by atoms with van der Waals surface area (Å²) in [6, 6.07) is 3.37. The van der Waals surface area contributed by atoms with E-state index in [2.05, 4.69) is 11.2 Å². The summed E-state index contributed by atoms with van der Waals surface area (Å²) in [5.74, 6) is 2.15. The van der Waals surface area contributed by atoms with Crippen LogP contribution in [-0.4, -0.2) is 38.2 Å². The summed E-state index contributed by atoms with van der Waals surface area (Å²) in [5.41, 5.74) is 0.651. The van der Waals surface area contributed by atoms with Crippen LogP contribution in [0.3, 0.4) is 0 Å². The van der Waals surface area contributed by atoms with Gasteiger partial charge < -0.3 is 19.5 Å². The zero-order valence-corrected chi connectivity index (χ0v) is 13.6. The van der Waals surface area contributed by atoms with E-state index in [1.54, 1.807) is 12.1 Å². The monoisotopic (exact) mass is 349 g/mol. The Morgan fingerprint density at radius 2 is 2.17 bits per heavy atom. The maximum atomic E-state index is 11.6. The van der Waals surface area contributed by atoms with E-state index in [9.17, 15) is 9.59 Å². The van der Waals surface area contributed by atoms with E-state index < -0.39 is 18.5 Å². The maximum absolute atomic E-state index is 11.6. The van der Waals surface area contributed by atoms with Crippen molar-refractivity contribution in [3.8, 4) is 23.8 Å². The SMILES string of the molecule is C#CCNC(=O)COC(=O)/C=C/c1cc(Cl)c2c(c1)OCCCO2. The Bertz CT molecular complexity index is 693. The average molecular weight is 350 g/mol. The van der Waals surface area contributed by atoms with Crippen molar-refractivity contribution in [2.24, 2.45) is 0 Å². The lowest BCUT2D eigenvalue weighted by molar-refractivity contribution is -0.143. The Kier molecular flexibility index (Phi) is 6.52. The molecule has 0 aromatic heterocycles. The molecular formula is C17H16ClNO5. The van der Waals surface area contributed by atoms with Gasteiger partial charge in [-0.2, -0.15) is 0 Å². The highest BCUT2D eigenvalue weighted by Crippen LogP contribution is 2.38. The molecule has 0 radical (unpaired) electrons. The Balaban J connectivity index is 1.95. The van der Waals surface area contributed by atoms with Crippen molar-refractivity contribution in [1.82, 2.24) is 5.32 Å². The van der Waals surface area contributed by atoms with Crippen molar-refractivity contribution in [2.45, 2.75) is 6.42 Å². The molecular weight excluding hydrogens is 334 g/mol. The van der Waals surface area contributed by atoms with Crippen LogP contribution in [-0.2, 0) is 14.3 Å². The molecule has 1 amide bonds. The van der Waals surface area contributed by atoms with Gasteiger partial charge in [-0.05, 0) is 23.8 Å². The molecule has 1 aromatic carbocycles. The minimum absolute atomic E-state index is 0.0852. The van der Waals surface area contributed by atoms with Gasteiger partial charge in [0.05, 0.1) is 24.8 Å². The molecule has 6 nitrogen and oxygen atoms in total. The predicted molar refractivity (Wildman–Crippen MR) is 88.9 cm³/mol. The van der Waals surface area contributed by atoms with E-state index in [1.807, 2.05) is 0 Å². The Hall–Kier alpha value is -2.65. The summed E-state index contributed by atoms with van der Waals surface area (Å²) in [6.07, 6.45) is 8.48. The second-order valence-corrected chi connectivity index (χ2v) is 5.21. The smallest absolute Gasteiger partial charge is 0.331 e. The number of carbonyl (C=O) groups is 2. The molecule has 2 rings (SSSR count). The second kappa shape index (κ2) is 8.85. The molecule has 0 spiro atoms. The Morgan fingerprint density at radius 3 is 2.96 bits per heavy atom. The van der Waals surface area contributed by atoms with Crippen molar-refractivity contribution in [3.63, 3.8) is 0 Å². The summed E-state index contributed by atoms with van der Waals surface area (Å²) in [6.45, 7) is 0.760. The number of halogens is 1. The summed E-state index contributed by atoms with van der Waals surface area (Å²) >= 11 is 6.16. The number of esters is 1.